The van der Waals surface area contributed by atoms with Gasteiger partial charge in [-0.25, -0.2) is 9.78 Å². The van der Waals surface area contributed by atoms with Crippen LogP contribution in [0.5, 0.6) is 0 Å². The van der Waals surface area contributed by atoms with Gasteiger partial charge in [0.15, 0.2) is 11.2 Å². The Morgan fingerprint density at radius 2 is 2.21 bits per heavy atom. The summed E-state index contributed by atoms with van der Waals surface area (Å²) < 4.78 is 4.84. The van der Waals surface area contributed by atoms with E-state index < -0.39 is 12.1 Å². The lowest BCUT2D eigenvalue weighted by atomic mass is 10.2. The van der Waals surface area contributed by atoms with Crippen LogP contribution in [-0.2, 0) is 9.53 Å². The van der Waals surface area contributed by atoms with Gasteiger partial charge < -0.3 is 15.2 Å². The number of methoxy groups -OCH3 is 1. The molecule has 2 rings (SSSR count). The minimum Gasteiger partial charge on any atom is -0.479 e. The SMILES string of the molecule is COC(CNc1nc(-c2ccccc2)cs1)C(=O)O. The molecule has 0 radical (unpaired) electrons. The Balaban J connectivity index is 2.00. The molecule has 0 aliphatic rings. The maximum absolute atomic E-state index is 10.8. The molecule has 6 heteroatoms. The predicted molar refractivity (Wildman–Crippen MR) is 74.5 cm³/mol. The molecule has 1 unspecified atom stereocenters. The zero-order chi connectivity index (χ0) is 13.7. The first-order chi connectivity index (χ1) is 9.20. The Morgan fingerprint density at radius 1 is 1.47 bits per heavy atom. The van der Waals surface area contributed by atoms with E-state index in [2.05, 4.69) is 10.3 Å². The standard InChI is InChI=1S/C13H14N2O3S/c1-18-11(12(16)17)7-14-13-15-10(8-19-13)9-5-3-2-4-6-9/h2-6,8,11H,7H2,1H3,(H,14,15)(H,16,17). The molecule has 1 atom stereocenters. The number of carboxylic acids is 1. The van der Waals surface area contributed by atoms with Gasteiger partial charge >= 0.3 is 5.97 Å². The number of ether oxygens (including phenoxy) is 1. The number of anilines is 1. The number of nitrogens with zero attached hydrogens (tertiary/aromatic N) is 1. The lowest BCUT2D eigenvalue weighted by molar-refractivity contribution is -0.147. The van der Waals surface area contributed by atoms with Crippen LogP contribution in [0.15, 0.2) is 35.7 Å². The van der Waals surface area contributed by atoms with Gasteiger partial charge in [0, 0.05) is 18.1 Å². The van der Waals surface area contributed by atoms with E-state index in [1.54, 1.807) is 0 Å². The van der Waals surface area contributed by atoms with Gasteiger partial charge in [-0.2, -0.15) is 0 Å². The van der Waals surface area contributed by atoms with Crippen LogP contribution < -0.4 is 5.32 Å². The van der Waals surface area contributed by atoms with Crippen molar-refractivity contribution >= 4 is 22.4 Å². The molecule has 0 saturated heterocycles. The lowest BCUT2D eigenvalue weighted by Crippen LogP contribution is -2.30. The van der Waals surface area contributed by atoms with Crippen molar-refractivity contribution in [3.63, 3.8) is 0 Å². The minimum absolute atomic E-state index is 0.188. The Hall–Kier alpha value is -1.92. The predicted octanol–water partition coefficient (Wildman–Crippen LogP) is 2.32. The van der Waals surface area contributed by atoms with Gasteiger partial charge in [0.25, 0.3) is 0 Å². The third-order valence-electron chi connectivity index (χ3n) is 2.57. The van der Waals surface area contributed by atoms with E-state index in [9.17, 15) is 4.79 Å². The number of rotatable bonds is 6. The summed E-state index contributed by atoms with van der Waals surface area (Å²) in [7, 11) is 1.37. The second kappa shape index (κ2) is 6.31. The Kier molecular flexibility index (Phi) is 4.48. The maximum Gasteiger partial charge on any atom is 0.334 e. The van der Waals surface area contributed by atoms with Crippen molar-refractivity contribution in [2.45, 2.75) is 6.10 Å². The number of hydrogen-bond acceptors (Lipinski definition) is 5. The van der Waals surface area contributed by atoms with Crippen LogP contribution in [0.25, 0.3) is 11.3 Å². The lowest BCUT2D eigenvalue weighted by Gasteiger charge is -2.10. The molecule has 0 aliphatic heterocycles. The first-order valence-electron chi connectivity index (χ1n) is 5.71. The summed E-state index contributed by atoms with van der Waals surface area (Å²) in [5.41, 5.74) is 1.91. The smallest absolute Gasteiger partial charge is 0.334 e. The Labute approximate surface area is 114 Å². The molecule has 1 aromatic heterocycles. The van der Waals surface area contributed by atoms with Crippen LogP contribution in [0.1, 0.15) is 0 Å². The van der Waals surface area contributed by atoms with Gasteiger partial charge in [0.05, 0.1) is 12.2 Å². The normalized spacial score (nSPS) is 12.1. The molecule has 19 heavy (non-hydrogen) atoms. The van der Waals surface area contributed by atoms with E-state index >= 15 is 0 Å². The summed E-state index contributed by atoms with van der Waals surface area (Å²) in [4.78, 5) is 15.2. The maximum atomic E-state index is 10.8. The van der Waals surface area contributed by atoms with Crippen LogP contribution >= 0.6 is 11.3 Å². The van der Waals surface area contributed by atoms with Gasteiger partial charge in [-0.3, -0.25) is 0 Å². The minimum atomic E-state index is -0.991. The van der Waals surface area contributed by atoms with E-state index in [4.69, 9.17) is 9.84 Å². The van der Waals surface area contributed by atoms with Crippen molar-refractivity contribution in [2.75, 3.05) is 19.0 Å². The largest absolute Gasteiger partial charge is 0.479 e. The summed E-state index contributed by atoms with van der Waals surface area (Å²) in [5.74, 6) is -0.991. The number of nitrogens with one attached hydrogen (secondary N) is 1. The van der Waals surface area contributed by atoms with Crippen molar-refractivity contribution in [3.05, 3.63) is 35.7 Å². The summed E-state index contributed by atoms with van der Waals surface area (Å²) in [6.07, 6.45) is -0.871. The number of thiazole rings is 1. The summed E-state index contributed by atoms with van der Waals surface area (Å²) in [5, 5.41) is 14.4. The molecule has 1 heterocycles. The van der Waals surface area contributed by atoms with E-state index in [1.807, 2.05) is 35.7 Å². The third-order valence-corrected chi connectivity index (χ3v) is 3.37. The molecule has 5 nitrogen and oxygen atoms in total. The molecule has 2 N–H and O–H groups in total. The van der Waals surface area contributed by atoms with Gasteiger partial charge in [-0.15, -0.1) is 11.3 Å². The van der Waals surface area contributed by atoms with Gasteiger partial charge in [-0.1, -0.05) is 30.3 Å². The van der Waals surface area contributed by atoms with E-state index in [1.165, 1.54) is 18.4 Å². The summed E-state index contributed by atoms with van der Waals surface area (Å²) in [6.45, 7) is 0.188. The summed E-state index contributed by atoms with van der Waals surface area (Å²) in [6, 6.07) is 9.81. The number of hydrogen-bond donors (Lipinski definition) is 2. The van der Waals surface area contributed by atoms with Crippen molar-refractivity contribution < 1.29 is 14.6 Å². The number of aliphatic carboxylic acids is 1. The van der Waals surface area contributed by atoms with Gasteiger partial charge in [0.1, 0.15) is 0 Å². The number of carboxylic acid groups (broad SMARTS) is 1. The topological polar surface area (TPSA) is 71.5 Å². The van der Waals surface area contributed by atoms with Crippen molar-refractivity contribution in [1.29, 1.82) is 0 Å². The molecule has 1 aromatic carbocycles. The fourth-order valence-electron chi connectivity index (χ4n) is 1.55. The number of carbonyl (C=O) groups is 1. The highest BCUT2D eigenvalue weighted by molar-refractivity contribution is 7.14. The number of aromatic nitrogens is 1. The first kappa shape index (κ1) is 13.5. The number of benzene rings is 1. The van der Waals surface area contributed by atoms with Crippen LogP contribution in [0.4, 0.5) is 5.13 Å². The van der Waals surface area contributed by atoms with Crippen LogP contribution in [0, 0.1) is 0 Å². The molecular weight excluding hydrogens is 264 g/mol. The summed E-state index contributed by atoms with van der Waals surface area (Å²) >= 11 is 1.44. The zero-order valence-corrected chi connectivity index (χ0v) is 11.2. The first-order valence-corrected chi connectivity index (χ1v) is 6.59. The Bertz CT molecular complexity index is 542. The van der Waals surface area contributed by atoms with E-state index in [0.29, 0.717) is 5.13 Å². The molecule has 0 amide bonds. The van der Waals surface area contributed by atoms with Gasteiger partial charge in [-0.05, 0) is 0 Å². The average Bonchev–Trinajstić information content (AvgIpc) is 2.89. The third kappa shape index (κ3) is 3.52. The molecule has 0 saturated carbocycles. The van der Waals surface area contributed by atoms with Crippen molar-refractivity contribution in [2.24, 2.45) is 0 Å². The van der Waals surface area contributed by atoms with E-state index in [-0.39, 0.29) is 6.54 Å². The van der Waals surface area contributed by atoms with Crippen LogP contribution in [-0.4, -0.2) is 35.8 Å². The molecule has 0 bridgehead atoms. The molecule has 100 valence electrons. The van der Waals surface area contributed by atoms with Crippen LogP contribution in [0.2, 0.25) is 0 Å². The fraction of sp³-hybridized carbons (Fsp3) is 0.231. The van der Waals surface area contributed by atoms with Crippen molar-refractivity contribution in [1.82, 2.24) is 4.98 Å². The molecular formula is C13H14N2O3S. The van der Waals surface area contributed by atoms with Crippen LogP contribution in [0.3, 0.4) is 0 Å². The molecule has 0 fully saturated rings. The quantitative estimate of drug-likeness (QED) is 0.848. The molecule has 2 aromatic rings. The second-order valence-electron chi connectivity index (χ2n) is 3.85. The molecule has 0 aliphatic carbocycles. The zero-order valence-electron chi connectivity index (χ0n) is 10.4. The monoisotopic (exact) mass is 278 g/mol. The highest BCUT2D eigenvalue weighted by Gasteiger charge is 2.16. The van der Waals surface area contributed by atoms with Crippen molar-refractivity contribution in [3.8, 4) is 11.3 Å². The highest BCUT2D eigenvalue weighted by atomic mass is 32.1. The second-order valence-corrected chi connectivity index (χ2v) is 4.71. The van der Waals surface area contributed by atoms with E-state index in [0.717, 1.165) is 11.3 Å². The Morgan fingerprint density at radius 3 is 2.84 bits per heavy atom. The fourth-order valence-corrected chi connectivity index (χ4v) is 2.28. The highest BCUT2D eigenvalue weighted by Crippen LogP contribution is 2.24. The van der Waals surface area contributed by atoms with Gasteiger partial charge in [0.2, 0.25) is 0 Å². The molecule has 0 spiro atoms. The average molecular weight is 278 g/mol.